The number of fused-ring (bicyclic) bond motifs is 2. The third-order valence-electron chi connectivity index (χ3n) is 6.03. The molecule has 4 N–H and O–H groups in total. The zero-order valence-electron chi connectivity index (χ0n) is 17.0. The number of hydrogen-bond acceptors (Lipinski definition) is 7. The van der Waals surface area contributed by atoms with Gasteiger partial charge in [-0.2, -0.15) is 0 Å². The highest BCUT2D eigenvalue weighted by molar-refractivity contribution is 6.31. The number of carbonyl (C=O) groups excluding carboxylic acids is 2. The van der Waals surface area contributed by atoms with Crippen molar-refractivity contribution >= 4 is 23.2 Å². The number of aliphatic hydroxyl groups excluding tert-OH is 1. The van der Waals surface area contributed by atoms with Gasteiger partial charge in [-0.1, -0.05) is 23.7 Å². The molecule has 8 heteroatoms. The normalized spacial score (nSPS) is 19.0. The van der Waals surface area contributed by atoms with Crippen LogP contribution in [0.3, 0.4) is 0 Å². The highest BCUT2D eigenvalue weighted by atomic mass is 35.5. The van der Waals surface area contributed by atoms with Gasteiger partial charge in [0.25, 0.3) is 0 Å². The van der Waals surface area contributed by atoms with Crippen LogP contribution in [0.15, 0.2) is 36.4 Å². The summed E-state index contributed by atoms with van der Waals surface area (Å²) in [6, 6.07) is 10.5. The Morgan fingerprint density at radius 3 is 2.71 bits per heavy atom. The second-order valence-corrected chi connectivity index (χ2v) is 8.40. The predicted octanol–water partition coefficient (Wildman–Crippen LogP) is 2.00. The van der Waals surface area contributed by atoms with Crippen molar-refractivity contribution in [3.63, 3.8) is 0 Å². The van der Waals surface area contributed by atoms with E-state index >= 15 is 0 Å². The Kier molecular flexibility index (Phi) is 6.29. The maximum atomic E-state index is 13.7. The first-order valence-corrected chi connectivity index (χ1v) is 10.7. The maximum absolute atomic E-state index is 13.7. The van der Waals surface area contributed by atoms with Gasteiger partial charge < -0.3 is 25.6 Å². The molecule has 0 radical (unpaired) electrons. The molecule has 0 bridgehead atoms. The third kappa shape index (κ3) is 4.19. The molecule has 4 rings (SSSR count). The van der Waals surface area contributed by atoms with E-state index in [-0.39, 0.29) is 18.1 Å². The molecule has 31 heavy (non-hydrogen) atoms. The summed E-state index contributed by atoms with van der Waals surface area (Å²) in [6.45, 7) is 1.08. The molecule has 2 aliphatic heterocycles. The summed E-state index contributed by atoms with van der Waals surface area (Å²) in [5.41, 5.74) is 7.79. The number of nitrogens with two attached hydrogens (primary N) is 1. The molecule has 1 atom stereocenters. The van der Waals surface area contributed by atoms with Crippen molar-refractivity contribution in [1.82, 2.24) is 5.32 Å². The van der Waals surface area contributed by atoms with Crippen LogP contribution in [-0.4, -0.2) is 49.1 Å². The molecule has 0 amide bonds. The Balaban J connectivity index is 1.68. The number of hydrogen-bond donors (Lipinski definition) is 3. The van der Waals surface area contributed by atoms with Crippen molar-refractivity contribution in [3.05, 3.63) is 58.1 Å². The van der Waals surface area contributed by atoms with Crippen LogP contribution in [0.25, 0.3) is 0 Å². The van der Waals surface area contributed by atoms with Crippen molar-refractivity contribution in [2.75, 3.05) is 26.3 Å². The molecular weight excluding hydrogens is 420 g/mol. The fourth-order valence-electron chi connectivity index (χ4n) is 4.43. The molecule has 1 unspecified atom stereocenters. The lowest BCUT2D eigenvalue weighted by Gasteiger charge is -2.37. The lowest BCUT2D eigenvalue weighted by Crippen LogP contribution is -2.50. The summed E-state index contributed by atoms with van der Waals surface area (Å²) in [4.78, 5) is 25.0. The number of rotatable bonds is 7. The minimum absolute atomic E-state index is 0.187. The summed E-state index contributed by atoms with van der Waals surface area (Å²) in [5.74, 6) is 0.350. The van der Waals surface area contributed by atoms with E-state index in [1.54, 1.807) is 12.1 Å². The second-order valence-electron chi connectivity index (χ2n) is 7.96. The molecule has 2 aromatic rings. The smallest absolute Gasteiger partial charge is 0.204 e. The van der Waals surface area contributed by atoms with E-state index in [0.717, 1.165) is 37.1 Å². The molecule has 0 aliphatic carbocycles. The van der Waals surface area contributed by atoms with E-state index in [2.05, 4.69) is 11.4 Å². The van der Waals surface area contributed by atoms with Gasteiger partial charge in [0.2, 0.25) is 5.78 Å². The zero-order chi connectivity index (χ0) is 22.0. The minimum atomic E-state index is -0.692. The van der Waals surface area contributed by atoms with E-state index in [1.165, 1.54) is 6.07 Å². The highest BCUT2D eigenvalue weighted by Gasteiger charge is 2.52. The molecule has 1 fully saturated rings. The average molecular weight is 445 g/mol. The third-order valence-corrected chi connectivity index (χ3v) is 6.25. The summed E-state index contributed by atoms with van der Waals surface area (Å²) >= 11 is 6.22. The fourth-order valence-corrected chi connectivity index (χ4v) is 4.66. The highest BCUT2D eigenvalue weighted by Crippen LogP contribution is 2.49. The van der Waals surface area contributed by atoms with Crippen LogP contribution in [0.5, 0.6) is 11.5 Å². The van der Waals surface area contributed by atoms with Crippen molar-refractivity contribution < 1.29 is 24.2 Å². The van der Waals surface area contributed by atoms with Gasteiger partial charge in [-0.3, -0.25) is 9.59 Å². The van der Waals surface area contributed by atoms with E-state index in [0.29, 0.717) is 22.9 Å². The first-order valence-electron chi connectivity index (χ1n) is 10.3. The monoisotopic (exact) mass is 444 g/mol. The van der Waals surface area contributed by atoms with Gasteiger partial charge in [0.1, 0.15) is 24.7 Å². The predicted molar refractivity (Wildman–Crippen MR) is 116 cm³/mol. The van der Waals surface area contributed by atoms with Gasteiger partial charge in [-0.25, -0.2) is 0 Å². The van der Waals surface area contributed by atoms with Gasteiger partial charge >= 0.3 is 0 Å². The number of halogens is 1. The molecule has 0 saturated carbocycles. The summed E-state index contributed by atoms with van der Waals surface area (Å²) in [6.07, 6.45) is 0.835. The van der Waals surface area contributed by atoms with Crippen molar-refractivity contribution in [3.8, 4) is 11.5 Å². The number of benzene rings is 2. The Hall–Kier alpha value is -2.45. The fraction of sp³-hybridized carbons (Fsp3) is 0.391. The first-order chi connectivity index (χ1) is 15.0. The lowest BCUT2D eigenvalue weighted by molar-refractivity contribution is -0.123. The minimum Gasteiger partial charge on any atom is -0.486 e. The van der Waals surface area contributed by atoms with Crippen LogP contribution >= 0.6 is 11.6 Å². The number of piperidine rings is 1. The number of carbonyl (C=O) groups is 2. The summed E-state index contributed by atoms with van der Waals surface area (Å²) in [5, 5.41) is 12.6. The summed E-state index contributed by atoms with van der Waals surface area (Å²) < 4.78 is 11.6. The number of ether oxygens (including phenoxy) is 2. The van der Waals surface area contributed by atoms with E-state index < -0.39 is 23.9 Å². The second kappa shape index (κ2) is 8.96. The van der Waals surface area contributed by atoms with Crippen LogP contribution in [0.2, 0.25) is 5.02 Å². The van der Waals surface area contributed by atoms with E-state index in [1.807, 2.05) is 12.1 Å². The van der Waals surface area contributed by atoms with Crippen LogP contribution in [0, 0.1) is 0 Å². The van der Waals surface area contributed by atoms with E-state index in [9.17, 15) is 9.59 Å². The Morgan fingerprint density at radius 1 is 1.23 bits per heavy atom. The lowest BCUT2D eigenvalue weighted by atomic mass is 9.68. The topological polar surface area (TPSA) is 111 Å². The average Bonchev–Trinajstić information content (AvgIpc) is 3.09. The SMILES string of the molecule is NCc1ccc2c(c1)C1(CCNCC1)C(C(=O)c1cc(Cl)cc(OCC(=O)CO)c1)O2. The van der Waals surface area contributed by atoms with Crippen LogP contribution in [0.1, 0.15) is 34.3 Å². The molecule has 2 aromatic carbocycles. The van der Waals surface area contributed by atoms with Crippen molar-refractivity contribution in [2.45, 2.75) is 30.9 Å². The van der Waals surface area contributed by atoms with E-state index in [4.69, 9.17) is 31.9 Å². The molecule has 1 saturated heterocycles. The molecule has 7 nitrogen and oxygen atoms in total. The van der Waals surface area contributed by atoms with Crippen LogP contribution in [0.4, 0.5) is 0 Å². The van der Waals surface area contributed by atoms with Crippen molar-refractivity contribution in [2.24, 2.45) is 5.73 Å². The molecule has 1 spiro atoms. The van der Waals surface area contributed by atoms with Gasteiger partial charge in [0.15, 0.2) is 11.9 Å². The van der Waals surface area contributed by atoms with Gasteiger partial charge in [-0.15, -0.1) is 0 Å². The van der Waals surface area contributed by atoms with Crippen LogP contribution < -0.4 is 20.5 Å². The zero-order valence-corrected chi connectivity index (χ0v) is 17.8. The molecular formula is C23H25ClN2O5. The summed E-state index contributed by atoms with van der Waals surface area (Å²) in [7, 11) is 0. The maximum Gasteiger partial charge on any atom is 0.204 e. The largest absolute Gasteiger partial charge is 0.486 e. The number of aliphatic hydroxyl groups is 1. The Morgan fingerprint density at radius 2 is 2.00 bits per heavy atom. The number of nitrogens with one attached hydrogen (secondary N) is 1. The standard InChI is InChI=1S/C23H25ClN2O5/c24-16-8-15(9-18(10-16)30-13-17(28)12-27)21(29)22-23(3-5-26-6-4-23)19-7-14(11-25)1-2-20(19)31-22/h1-2,7-10,22,26-27H,3-6,11-13,25H2. The number of Topliss-reactive ketones (excluding diaryl/α,β-unsaturated/α-hetero) is 2. The van der Waals surface area contributed by atoms with Gasteiger partial charge in [0, 0.05) is 28.1 Å². The Labute approximate surface area is 185 Å². The number of ketones is 2. The Bertz CT molecular complexity index is 1000. The van der Waals surface area contributed by atoms with Crippen molar-refractivity contribution in [1.29, 1.82) is 0 Å². The van der Waals surface area contributed by atoms with Crippen LogP contribution in [-0.2, 0) is 16.8 Å². The molecule has 0 aromatic heterocycles. The molecule has 164 valence electrons. The first kappa shape index (κ1) is 21.8. The van der Waals surface area contributed by atoms with Gasteiger partial charge in [0.05, 0.1) is 0 Å². The van der Waals surface area contributed by atoms with Gasteiger partial charge in [-0.05, 0) is 55.8 Å². The quantitative estimate of drug-likeness (QED) is 0.560. The molecule has 2 heterocycles. The molecule has 2 aliphatic rings.